The molecule has 1 aromatic heterocycles. The number of carbonyl (C=O) groups excluding carboxylic acids is 1. The first kappa shape index (κ1) is 19.5. The van der Waals surface area contributed by atoms with Gasteiger partial charge in [-0.3, -0.25) is 9.69 Å². The summed E-state index contributed by atoms with van der Waals surface area (Å²) in [5, 5.41) is 0.677. The number of methoxy groups -OCH3 is 1. The van der Waals surface area contributed by atoms with Gasteiger partial charge in [-0.25, -0.2) is 4.98 Å². The van der Waals surface area contributed by atoms with Gasteiger partial charge in [0.2, 0.25) is 0 Å². The molecule has 0 radical (unpaired) electrons. The molecule has 4 rings (SSSR count). The molecule has 0 unspecified atom stereocenters. The smallest absolute Gasteiger partial charge is 0.260 e. The Labute approximate surface area is 178 Å². The summed E-state index contributed by atoms with van der Waals surface area (Å²) >= 11 is 3.13. The molecule has 0 atom stereocenters. The number of nitrogens with zero attached hydrogens (tertiary/aromatic N) is 2. The van der Waals surface area contributed by atoms with Crippen molar-refractivity contribution >= 4 is 44.4 Å². The predicted molar refractivity (Wildman–Crippen MR) is 121 cm³/mol. The maximum Gasteiger partial charge on any atom is 0.260 e. The Balaban J connectivity index is 1.76. The quantitative estimate of drug-likeness (QED) is 0.366. The van der Waals surface area contributed by atoms with E-state index in [1.54, 1.807) is 23.8 Å². The van der Waals surface area contributed by atoms with Crippen molar-refractivity contribution in [3.63, 3.8) is 0 Å². The number of fused-ring (bicyclic) bond motifs is 1. The van der Waals surface area contributed by atoms with Gasteiger partial charge in [-0.15, -0.1) is 11.8 Å². The van der Waals surface area contributed by atoms with Crippen molar-refractivity contribution in [2.45, 2.75) is 11.4 Å². The van der Waals surface area contributed by atoms with Crippen molar-refractivity contribution in [2.24, 2.45) is 0 Å². The molecule has 0 N–H and O–H groups in total. The number of thioether (sulfide) groups is 1. The molecule has 0 spiro atoms. The second-order valence-electron chi connectivity index (χ2n) is 6.44. The topological polar surface area (TPSA) is 42.4 Å². The summed E-state index contributed by atoms with van der Waals surface area (Å²) in [4.78, 5) is 21.0. The van der Waals surface area contributed by atoms with Crippen molar-refractivity contribution in [1.82, 2.24) is 4.98 Å². The molecule has 0 saturated carbocycles. The van der Waals surface area contributed by atoms with Gasteiger partial charge >= 0.3 is 0 Å². The summed E-state index contributed by atoms with van der Waals surface area (Å²) in [6, 6.07) is 23.5. The second kappa shape index (κ2) is 8.68. The molecule has 3 aromatic carbocycles. The van der Waals surface area contributed by atoms with E-state index >= 15 is 0 Å². The van der Waals surface area contributed by atoms with Crippen molar-refractivity contribution in [1.29, 1.82) is 0 Å². The van der Waals surface area contributed by atoms with Crippen LogP contribution in [0.15, 0.2) is 77.7 Å². The van der Waals surface area contributed by atoms with Gasteiger partial charge < -0.3 is 4.74 Å². The highest BCUT2D eigenvalue weighted by Crippen LogP contribution is 2.33. The summed E-state index contributed by atoms with van der Waals surface area (Å²) in [6.45, 7) is 0.458. The lowest BCUT2D eigenvalue weighted by Gasteiger charge is -2.20. The molecule has 0 aliphatic carbocycles. The van der Waals surface area contributed by atoms with Crippen LogP contribution in [0.5, 0.6) is 5.75 Å². The van der Waals surface area contributed by atoms with E-state index in [0.29, 0.717) is 17.2 Å². The zero-order chi connectivity index (χ0) is 20.2. The molecule has 146 valence electrons. The Bertz CT molecular complexity index is 1140. The molecular formula is C23H20N2O2S2. The molecule has 0 aliphatic rings. The maximum absolute atomic E-state index is 13.5. The third kappa shape index (κ3) is 4.28. The van der Waals surface area contributed by atoms with Crippen LogP contribution < -0.4 is 9.64 Å². The largest absolute Gasteiger partial charge is 0.497 e. The summed E-state index contributed by atoms with van der Waals surface area (Å²) < 4.78 is 6.33. The highest BCUT2D eigenvalue weighted by molar-refractivity contribution is 7.98. The SMILES string of the molecule is COc1ccc2sc(N(Cc3ccccc3)C(=O)c3cccc(SC)c3)nc2c1. The predicted octanol–water partition coefficient (Wildman–Crippen LogP) is 5.87. The minimum atomic E-state index is -0.0595. The van der Waals surface area contributed by atoms with Crippen molar-refractivity contribution in [2.75, 3.05) is 18.3 Å². The Kier molecular flexibility index (Phi) is 5.83. The molecule has 29 heavy (non-hydrogen) atoms. The summed E-state index contributed by atoms with van der Waals surface area (Å²) in [7, 11) is 1.64. The number of ether oxygens (including phenoxy) is 1. The van der Waals surface area contributed by atoms with Crippen LogP contribution in [0.25, 0.3) is 10.2 Å². The lowest BCUT2D eigenvalue weighted by molar-refractivity contribution is 0.0985. The fourth-order valence-electron chi connectivity index (χ4n) is 3.04. The van der Waals surface area contributed by atoms with Gasteiger partial charge in [0, 0.05) is 16.5 Å². The Morgan fingerprint density at radius 1 is 1.07 bits per heavy atom. The molecule has 0 aliphatic heterocycles. The summed E-state index contributed by atoms with van der Waals surface area (Å²) in [5.74, 6) is 0.693. The molecular weight excluding hydrogens is 400 g/mol. The molecule has 0 bridgehead atoms. The first-order valence-electron chi connectivity index (χ1n) is 9.12. The van der Waals surface area contributed by atoms with Crippen LogP contribution in [0.1, 0.15) is 15.9 Å². The van der Waals surface area contributed by atoms with E-state index < -0.39 is 0 Å². The van der Waals surface area contributed by atoms with Gasteiger partial charge in [0.15, 0.2) is 5.13 Å². The minimum Gasteiger partial charge on any atom is -0.497 e. The van der Waals surface area contributed by atoms with Gasteiger partial charge in [-0.05, 0) is 42.2 Å². The number of aromatic nitrogens is 1. The number of benzene rings is 3. The molecule has 1 amide bonds. The standard InChI is InChI=1S/C23H20N2O2S2/c1-27-18-11-12-21-20(14-18)24-23(29-21)25(15-16-7-4-3-5-8-16)22(26)17-9-6-10-19(13-17)28-2/h3-14H,15H2,1-2H3. The number of rotatable bonds is 6. The third-order valence-corrected chi connectivity index (χ3v) is 6.34. The first-order valence-corrected chi connectivity index (χ1v) is 11.2. The zero-order valence-corrected chi connectivity index (χ0v) is 17.8. The van der Waals surface area contributed by atoms with Gasteiger partial charge in [0.05, 0.1) is 23.9 Å². The van der Waals surface area contributed by atoms with E-state index in [4.69, 9.17) is 9.72 Å². The van der Waals surface area contributed by atoms with Gasteiger partial charge in [0.1, 0.15) is 5.75 Å². The van der Waals surface area contributed by atoms with E-state index in [9.17, 15) is 4.79 Å². The average Bonchev–Trinajstić information content (AvgIpc) is 3.20. The van der Waals surface area contributed by atoms with Crippen LogP contribution in [-0.2, 0) is 6.54 Å². The molecule has 0 saturated heterocycles. The maximum atomic E-state index is 13.5. The van der Waals surface area contributed by atoms with E-state index in [2.05, 4.69) is 0 Å². The van der Waals surface area contributed by atoms with Gasteiger partial charge in [0.25, 0.3) is 5.91 Å². The van der Waals surface area contributed by atoms with Crippen LogP contribution in [0.3, 0.4) is 0 Å². The van der Waals surface area contributed by atoms with Crippen molar-refractivity contribution < 1.29 is 9.53 Å². The van der Waals surface area contributed by atoms with E-state index in [1.165, 1.54) is 11.3 Å². The molecule has 4 aromatic rings. The Morgan fingerprint density at radius 3 is 2.66 bits per heavy atom. The number of carbonyl (C=O) groups is 1. The van der Waals surface area contributed by atoms with Crippen LogP contribution in [0, 0.1) is 0 Å². The van der Waals surface area contributed by atoms with Crippen molar-refractivity contribution in [3.8, 4) is 5.75 Å². The van der Waals surface area contributed by atoms with E-state index in [1.807, 2.05) is 79.1 Å². The highest BCUT2D eigenvalue weighted by atomic mass is 32.2. The average molecular weight is 421 g/mol. The zero-order valence-electron chi connectivity index (χ0n) is 16.2. The van der Waals surface area contributed by atoms with Gasteiger partial charge in [-0.1, -0.05) is 47.7 Å². The lowest BCUT2D eigenvalue weighted by atomic mass is 10.1. The molecule has 0 fully saturated rings. The van der Waals surface area contributed by atoms with E-state index in [-0.39, 0.29) is 5.91 Å². The van der Waals surface area contributed by atoms with Crippen LogP contribution >= 0.6 is 23.1 Å². The van der Waals surface area contributed by atoms with Crippen LogP contribution in [-0.4, -0.2) is 24.3 Å². The normalized spacial score (nSPS) is 10.8. The highest BCUT2D eigenvalue weighted by Gasteiger charge is 2.22. The number of hydrogen-bond donors (Lipinski definition) is 0. The Morgan fingerprint density at radius 2 is 1.90 bits per heavy atom. The minimum absolute atomic E-state index is 0.0595. The first-order chi connectivity index (χ1) is 14.2. The summed E-state index contributed by atoms with van der Waals surface area (Å²) in [5.41, 5.74) is 2.54. The van der Waals surface area contributed by atoms with Crippen LogP contribution in [0.4, 0.5) is 5.13 Å². The second-order valence-corrected chi connectivity index (χ2v) is 8.33. The molecule has 1 heterocycles. The number of anilines is 1. The third-order valence-electron chi connectivity index (χ3n) is 4.56. The molecule has 6 heteroatoms. The van der Waals surface area contributed by atoms with E-state index in [0.717, 1.165) is 26.4 Å². The number of amides is 1. The van der Waals surface area contributed by atoms with Crippen LogP contribution in [0.2, 0.25) is 0 Å². The number of hydrogen-bond acceptors (Lipinski definition) is 5. The fraction of sp³-hybridized carbons (Fsp3) is 0.130. The van der Waals surface area contributed by atoms with Gasteiger partial charge in [-0.2, -0.15) is 0 Å². The molecule has 4 nitrogen and oxygen atoms in total. The lowest BCUT2D eigenvalue weighted by Crippen LogP contribution is -2.30. The fourth-order valence-corrected chi connectivity index (χ4v) is 4.44. The van der Waals surface area contributed by atoms with Crippen molar-refractivity contribution in [3.05, 3.63) is 83.9 Å². The Hall–Kier alpha value is -2.83. The number of thiazole rings is 1. The monoisotopic (exact) mass is 420 g/mol. The summed E-state index contributed by atoms with van der Waals surface area (Å²) in [6.07, 6.45) is 2.01.